The molecule has 0 unspecified atom stereocenters. The molecule has 96 valence electrons. The summed E-state index contributed by atoms with van der Waals surface area (Å²) in [5.74, 6) is -1.38. The molecule has 1 rings (SSSR count). The quantitative estimate of drug-likeness (QED) is 0.632. The standard InChI is InChI=1S/C13H14FNO3/c1-3-12(16)15-11(13(17)18-2)8-9-4-6-10(14)7-5-9/h3-7,11H,1,8H2,2H3,(H,15,16)/t11-/m0/s1. The Bertz CT molecular complexity index is 442. The Kier molecular flexibility index (Phi) is 5.05. The van der Waals surface area contributed by atoms with Crippen molar-refractivity contribution in [3.8, 4) is 0 Å². The molecule has 0 aliphatic heterocycles. The Hall–Kier alpha value is -2.17. The fourth-order valence-corrected chi connectivity index (χ4v) is 1.42. The van der Waals surface area contributed by atoms with Gasteiger partial charge in [-0.15, -0.1) is 0 Å². The minimum absolute atomic E-state index is 0.229. The number of nitrogens with one attached hydrogen (secondary N) is 1. The second-order valence-corrected chi connectivity index (χ2v) is 3.62. The van der Waals surface area contributed by atoms with Gasteiger partial charge in [0, 0.05) is 6.42 Å². The Balaban J connectivity index is 2.77. The lowest BCUT2D eigenvalue weighted by Crippen LogP contribution is -2.42. The smallest absolute Gasteiger partial charge is 0.328 e. The van der Waals surface area contributed by atoms with E-state index in [1.807, 2.05) is 0 Å². The number of methoxy groups -OCH3 is 1. The van der Waals surface area contributed by atoms with Crippen molar-refractivity contribution in [2.75, 3.05) is 7.11 Å². The second-order valence-electron chi connectivity index (χ2n) is 3.62. The van der Waals surface area contributed by atoms with E-state index in [0.29, 0.717) is 0 Å². The predicted octanol–water partition coefficient (Wildman–Crippen LogP) is 1.21. The van der Waals surface area contributed by atoms with E-state index in [1.165, 1.54) is 19.2 Å². The maximum Gasteiger partial charge on any atom is 0.328 e. The van der Waals surface area contributed by atoms with Gasteiger partial charge >= 0.3 is 5.97 Å². The molecule has 1 atom stereocenters. The highest BCUT2D eigenvalue weighted by atomic mass is 19.1. The van der Waals surface area contributed by atoms with Gasteiger partial charge in [-0.1, -0.05) is 18.7 Å². The summed E-state index contributed by atoms with van der Waals surface area (Å²) in [6.45, 7) is 3.30. The number of hydrogen-bond donors (Lipinski definition) is 1. The SMILES string of the molecule is C=CC(=O)N[C@@H](Cc1ccc(F)cc1)C(=O)OC. The molecule has 0 fully saturated rings. The van der Waals surface area contributed by atoms with Crippen molar-refractivity contribution in [2.24, 2.45) is 0 Å². The summed E-state index contributed by atoms with van der Waals surface area (Å²) >= 11 is 0. The molecule has 1 amide bonds. The van der Waals surface area contributed by atoms with E-state index in [-0.39, 0.29) is 12.2 Å². The first-order valence-electron chi connectivity index (χ1n) is 5.32. The molecule has 0 radical (unpaired) electrons. The normalized spacial score (nSPS) is 11.4. The van der Waals surface area contributed by atoms with Crippen LogP contribution in [0.3, 0.4) is 0 Å². The van der Waals surface area contributed by atoms with Crippen molar-refractivity contribution in [3.63, 3.8) is 0 Å². The fraction of sp³-hybridized carbons (Fsp3) is 0.231. The molecule has 0 aromatic heterocycles. The van der Waals surface area contributed by atoms with E-state index in [1.54, 1.807) is 12.1 Å². The van der Waals surface area contributed by atoms with E-state index in [0.717, 1.165) is 11.6 Å². The van der Waals surface area contributed by atoms with Crippen molar-refractivity contribution in [1.29, 1.82) is 0 Å². The third-order valence-electron chi connectivity index (χ3n) is 2.34. The highest BCUT2D eigenvalue weighted by Crippen LogP contribution is 2.07. The summed E-state index contributed by atoms with van der Waals surface area (Å²) < 4.78 is 17.3. The van der Waals surface area contributed by atoms with Gasteiger partial charge in [-0.3, -0.25) is 4.79 Å². The number of halogens is 1. The molecule has 0 aliphatic rings. The first-order valence-corrected chi connectivity index (χ1v) is 5.32. The van der Waals surface area contributed by atoms with Gasteiger partial charge in [0.05, 0.1) is 7.11 Å². The number of benzene rings is 1. The molecule has 1 aromatic rings. The topological polar surface area (TPSA) is 55.4 Å². The van der Waals surface area contributed by atoms with Gasteiger partial charge in [0.15, 0.2) is 0 Å². The van der Waals surface area contributed by atoms with Crippen molar-refractivity contribution in [1.82, 2.24) is 5.32 Å². The lowest BCUT2D eigenvalue weighted by molar-refractivity contribution is -0.144. The predicted molar refractivity (Wildman–Crippen MR) is 64.2 cm³/mol. The zero-order valence-electron chi connectivity index (χ0n) is 9.98. The van der Waals surface area contributed by atoms with Crippen LogP contribution in [0.5, 0.6) is 0 Å². The molecular formula is C13H14FNO3. The molecule has 1 N–H and O–H groups in total. The van der Waals surface area contributed by atoms with Crippen LogP contribution in [0, 0.1) is 5.82 Å². The van der Waals surface area contributed by atoms with E-state index >= 15 is 0 Å². The molecule has 0 saturated carbocycles. The number of hydrogen-bond acceptors (Lipinski definition) is 3. The highest BCUT2D eigenvalue weighted by molar-refractivity contribution is 5.91. The van der Waals surface area contributed by atoms with Crippen molar-refractivity contribution in [3.05, 3.63) is 48.3 Å². The van der Waals surface area contributed by atoms with Gasteiger partial charge in [0.2, 0.25) is 5.91 Å². The van der Waals surface area contributed by atoms with Crippen LogP contribution in [-0.4, -0.2) is 25.0 Å². The summed E-state index contributed by atoms with van der Waals surface area (Å²) in [7, 11) is 1.24. The van der Waals surface area contributed by atoms with Gasteiger partial charge in [-0.25, -0.2) is 9.18 Å². The van der Waals surface area contributed by atoms with Gasteiger partial charge in [0.25, 0.3) is 0 Å². The number of amides is 1. The highest BCUT2D eigenvalue weighted by Gasteiger charge is 2.20. The molecule has 0 heterocycles. The third-order valence-corrected chi connectivity index (χ3v) is 2.34. The van der Waals surface area contributed by atoms with Crippen LogP contribution in [0.25, 0.3) is 0 Å². The third kappa shape index (κ3) is 4.01. The summed E-state index contributed by atoms with van der Waals surface area (Å²) in [5.41, 5.74) is 0.719. The Labute approximate surface area is 104 Å². The monoisotopic (exact) mass is 251 g/mol. The molecule has 0 bridgehead atoms. The van der Waals surface area contributed by atoms with Crippen molar-refractivity contribution in [2.45, 2.75) is 12.5 Å². The number of ether oxygens (including phenoxy) is 1. The Morgan fingerprint density at radius 2 is 2.06 bits per heavy atom. The van der Waals surface area contributed by atoms with E-state index < -0.39 is 17.9 Å². The molecule has 18 heavy (non-hydrogen) atoms. The van der Waals surface area contributed by atoms with Crippen LogP contribution in [0.1, 0.15) is 5.56 Å². The van der Waals surface area contributed by atoms with Crippen LogP contribution >= 0.6 is 0 Å². The van der Waals surface area contributed by atoms with Crippen LogP contribution in [-0.2, 0) is 20.7 Å². The molecule has 1 aromatic carbocycles. The summed E-state index contributed by atoms with van der Waals surface area (Å²) in [5, 5.41) is 2.46. The first-order chi connectivity index (χ1) is 8.56. The van der Waals surface area contributed by atoms with Crippen molar-refractivity contribution < 1.29 is 18.7 Å². The lowest BCUT2D eigenvalue weighted by atomic mass is 10.1. The zero-order valence-corrected chi connectivity index (χ0v) is 9.98. The maximum atomic E-state index is 12.7. The molecule has 0 spiro atoms. The summed E-state index contributed by atoms with van der Waals surface area (Å²) in [6.07, 6.45) is 1.30. The summed E-state index contributed by atoms with van der Waals surface area (Å²) in [4.78, 5) is 22.7. The van der Waals surface area contributed by atoms with Crippen LogP contribution in [0.4, 0.5) is 4.39 Å². The molecule has 0 aliphatic carbocycles. The van der Waals surface area contributed by atoms with Crippen LogP contribution in [0.2, 0.25) is 0 Å². The number of carbonyl (C=O) groups excluding carboxylic acids is 2. The zero-order chi connectivity index (χ0) is 13.5. The van der Waals surface area contributed by atoms with E-state index in [4.69, 9.17) is 0 Å². The van der Waals surface area contributed by atoms with Gasteiger partial charge in [0.1, 0.15) is 11.9 Å². The second kappa shape index (κ2) is 6.54. The fourth-order valence-electron chi connectivity index (χ4n) is 1.42. The van der Waals surface area contributed by atoms with Crippen LogP contribution < -0.4 is 5.32 Å². The molecule has 4 nitrogen and oxygen atoms in total. The average Bonchev–Trinajstić information content (AvgIpc) is 2.39. The molecule has 0 saturated heterocycles. The maximum absolute atomic E-state index is 12.7. The minimum atomic E-state index is -0.814. The van der Waals surface area contributed by atoms with Crippen LogP contribution in [0.15, 0.2) is 36.9 Å². The van der Waals surface area contributed by atoms with Gasteiger partial charge < -0.3 is 10.1 Å². The lowest BCUT2D eigenvalue weighted by Gasteiger charge is -2.15. The van der Waals surface area contributed by atoms with Gasteiger partial charge in [-0.2, -0.15) is 0 Å². The van der Waals surface area contributed by atoms with Crippen molar-refractivity contribution >= 4 is 11.9 Å². The molecule has 5 heteroatoms. The Morgan fingerprint density at radius 3 is 2.56 bits per heavy atom. The number of esters is 1. The summed E-state index contributed by atoms with van der Waals surface area (Å²) in [6, 6.07) is 4.86. The first kappa shape index (κ1) is 13.9. The largest absolute Gasteiger partial charge is 0.467 e. The van der Waals surface area contributed by atoms with E-state index in [9.17, 15) is 14.0 Å². The Morgan fingerprint density at radius 1 is 1.44 bits per heavy atom. The van der Waals surface area contributed by atoms with Gasteiger partial charge in [-0.05, 0) is 23.8 Å². The minimum Gasteiger partial charge on any atom is -0.467 e. The van der Waals surface area contributed by atoms with E-state index in [2.05, 4.69) is 16.6 Å². The molecular weight excluding hydrogens is 237 g/mol. The number of rotatable bonds is 5. The number of carbonyl (C=O) groups is 2. The average molecular weight is 251 g/mol.